The van der Waals surface area contributed by atoms with Crippen LogP contribution in [0.15, 0.2) is 12.7 Å². The standard InChI is InChI=1S/C10H21N3OSi/c1-10(2,15(3,4)14)6-5-7-13-9-11-8-12-13/h8-9,14H,5-7H2,1-4H3. The Bertz CT molecular complexity index is 290. The summed E-state index contributed by atoms with van der Waals surface area (Å²) in [5, 5.41) is 4.12. The van der Waals surface area contributed by atoms with E-state index in [-0.39, 0.29) is 5.04 Å². The van der Waals surface area contributed by atoms with E-state index in [9.17, 15) is 4.80 Å². The maximum atomic E-state index is 10.1. The summed E-state index contributed by atoms with van der Waals surface area (Å²) in [7, 11) is -2.05. The van der Waals surface area contributed by atoms with Crippen LogP contribution in [0.3, 0.4) is 0 Å². The maximum Gasteiger partial charge on any atom is 0.188 e. The van der Waals surface area contributed by atoms with Gasteiger partial charge in [-0.1, -0.05) is 13.8 Å². The third kappa shape index (κ3) is 3.42. The molecule has 0 aromatic carbocycles. The fraction of sp³-hybridized carbons (Fsp3) is 0.800. The van der Waals surface area contributed by atoms with Gasteiger partial charge < -0.3 is 4.80 Å². The first-order valence-electron chi connectivity index (χ1n) is 5.38. The van der Waals surface area contributed by atoms with Crippen LogP contribution >= 0.6 is 0 Å². The lowest BCUT2D eigenvalue weighted by Crippen LogP contribution is -2.39. The van der Waals surface area contributed by atoms with Gasteiger partial charge in [0.05, 0.1) is 0 Å². The van der Waals surface area contributed by atoms with Gasteiger partial charge in [0.15, 0.2) is 8.32 Å². The van der Waals surface area contributed by atoms with Gasteiger partial charge in [-0.3, -0.25) is 4.68 Å². The van der Waals surface area contributed by atoms with Gasteiger partial charge >= 0.3 is 0 Å². The summed E-state index contributed by atoms with van der Waals surface area (Å²) in [5.74, 6) is 0. The molecule has 86 valence electrons. The molecule has 0 unspecified atom stereocenters. The summed E-state index contributed by atoms with van der Waals surface area (Å²) < 4.78 is 1.84. The molecular weight excluding hydrogens is 206 g/mol. The van der Waals surface area contributed by atoms with E-state index in [2.05, 4.69) is 23.9 Å². The summed E-state index contributed by atoms with van der Waals surface area (Å²) in [6.07, 6.45) is 5.35. The molecule has 0 bridgehead atoms. The van der Waals surface area contributed by atoms with Gasteiger partial charge in [-0.05, 0) is 31.0 Å². The van der Waals surface area contributed by atoms with E-state index >= 15 is 0 Å². The molecule has 5 heteroatoms. The third-order valence-corrected chi connectivity index (χ3v) is 6.87. The van der Waals surface area contributed by atoms with E-state index in [0.29, 0.717) is 0 Å². The number of rotatable bonds is 5. The Morgan fingerprint density at radius 2 is 2.07 bits per heavy atom. The predicted octanol–water partition coefficient (Wildman–Crippen LogP) is 2.04. The molecule has 0 aliphatic rings. The topological polar surface area (TPSA) is 50.9 Å². The van der Waals surface area contributed by atoms with Crippen molar-refractivity contribution < 1.29 is 4.80 Å². The van der Waals surface area contributed by atoms with Crippen molar-refractivity contribution in [2.75, 3.05) is 0 Å². The zero-order chi connectivity index (χ0) is 11.5. The van der Waals surface area contributed by atoms with Gasteiger partial charge in [0.1, 0.15) is 12.7 Å². The number of aryl methyl sites for hydroxylation is 1. The van der Waals surface area contributed by atoms with Crippen LogP contribution in [-0.4, -0.2) is 27.9 Å². The van der Waals surface area contributed by atoms with Crippen molar-refractivity contribution in [2.24, 2.45) is 0 Å². The lowest BCUT2D eigenvalue weighted by molar-refractivity contribution is 0.425. The lowest BCUT2D eigenvalue weighted by Gasteiger charge is -2.35. The number of hydrogen-bond donors (Lipinski definition) is 1. The molecule has 0 amide bonds. The van der Waals surface area contributed by atoms with Crippen molar-refractivity contribution in [2.45, 2.75) is 51.4 Å². The quantitative estimate of drug-likeness (QED) is 0.783. The highest BCUT2D eigenvalue weighted by atomic mass is 28.4. The zero-order valence-electron chi connectivity index (χ0n) is 10.1. The molecule has 0 saturated heterocycles. The van der Waals surface area contributed by atoms with E-state index in [1.54, 1.807) is 12.7 Å². The van der Waals surface area contributed by atoms with E-state index in [1.165, 1.54) is 0 Å². The second-order valence-electron chi connectivity index (χ2n) is 5.21. The van der Waals surface area contributed by atoms with Crippen LogP contribution in [0.1, 0.15) is 26.7 Å². The van der Waals surface area contributed by atoms with E-state index in [0.717, 1.165) is 19.4 Å². The van der Waals surface area contributed by atoms with Crippen molar-refractivity contribution in [3.8, 4) is 0 Å². The minimum atomic E-state index is -2.05. The first kappa shape index (κ1) is 12.4. The first-order valence-corrected chi connectivity index (χ1v) is 8.32. The third-order valence-electron chi connectivity index (χ3n) is 3.31. The SMILES string of the molecule is CC(C)(CCCn1cncn1)[Si](C)(C)O. The summed E-state index contributed by atoms with van der Waals surface area (Å²) in [6.45, 7) is 9.19. The van der Waals surface area contributed by atoms with Crippen molar-refractivity contribution in [3.63, 3.8) is 0 Å². The second kappa shape index (κ2) is 4.45. The van der Waals surface area contributed by atoms with Crippen molar-refractivity contribution in [1.29, 1.82) is 0 Å². The molecule has 0 aliphatic heterocycles. The van der Waals surface area contributed by atoms with Gasteiger partial charge in [-0.2, -0.15) is 5.10 Å². The Kier molecular flexibility index (Phi) is 3.67. The molecule has 1 heterocycles. The Morgan fingerprint density at radius 3 is 2.53 bits per heavy atom. The van der Waals surface area contributed by atoms with E-state index in [4.69, 9.17) is 0 Å². The van der Waals surface area contributed by atoms with Crippen LogP contribution in [0.2, 0.25) is 18.1 Å². The number of aromatic nitrogens is 3. The normalized spacial score (nSPS) is 13.1. The Hall–Kier alpha value is -0.683. The largest absolute Gasteiger partial charge is 0.432 e. The van der Waals surface area contributed by atoms with Crippen molar-refractivity contribution in [1.82, 2.24) is 14.8 Å². The summed E-state index contributed by atoms with van der Waals surface area (Å²) in [4.78, 5) is 14.0. The van der Waals surface area contributed by atoms with Crippen molar-refractivity contribution in [3.05, 3.63) is 12.7 Å². The smallest absolute Gasteiger partial charge is 0.188 e. The van der Waals surface area contributed by atoms with E-state index in [1.807, 2.05) is 17.8 Å². The summed E-state index contributed by atoms with van der Waals surface area (Å²) in [6, 6.07) is 0. The summed E-state index contributed by atoms with van der Waals surface area (Å²) in [5.41, 5.74) is 0. The van der Waals surface area contributed by atoms with Crippen LogP contribution in [-0.2, 0) is 6.54 Å². The molecule has 0 saturated carbocycles. The number of hydrogen-bond acceptors (Lipinski definition) is 3. The monoisotopic (exact) mass is 227 g/mol. The van der Waals surface area contributed by atoms with Gasteiger partial charge in [-0.15, -0.1) is 0 Å². The Morgan fingerprint density at radius 1 is 1.40 bits per heavy atom. The molecule has 1 aromatic rings. The van der Waals surface area contributed by atoms with Crippen LogP contribution in [0.25, 0.3) is 0 Å². The minimum absolute atomic E-state index is 0.0631. The zero-order valence-corrected chi connectivity index (χ0v) is 11.1. The Balaban J connectivity index is 2.37. The van der Waals surface area contributed by atoms with Gasteiger partial charge in [0, 0.05) is 6.54 Å². The molecule has 0 aliphatic carbocycles. The molecule has 0 atom stereocenters. The summed E-state index contributed by atoms with van der Waals surface area (Å²) >= 11 is 0. The van der Waals surface area contributed by atoms with Crippen LogP contribution in [0.5, 0.6) is 0 Å². The molecular formula is C10H21N3OSi. The molecule has 0 fully saturated rings. The molecule has 0 radical (unpaired) electrons. The van der Waals surface area contributed by atoms with Crippen LogP contribution < -0.4 is 0 Å². The molecule has 1 rings (SSSR count). The molecule has 1 N–H and O–H groups in total. The van der Waals surface area contributed by atoms with Crippen LogP contribution in [0, 0.1) is 0 Å². The van der Waals surface area contributed by atoms with Gasteiger partial charge in [0.25, 0.3) is 0 Å². The lowest BCUT2D eigenvalue weighted by atomic mass is 10.1. The second-order valence-corrected chi connectivity index (χ2v) is 9.68. The highest BCUT2D eigenvalue weighted by molar-refractivity contribution is 6.72. The van der Waals surface area contributed by atoms with Gasteiger partial charge in [-0.25, -0.2) is 4.98 Å². The molecule has 0 spiro atoms. The maximum absolute atomic E-state index is 10.1. The van der Waals surface area contributed by atoms with Gasteiger partial charge in [0.2, 0.25) is 0 Å². The van der Waals surface area contributed by atoms with Crippen molar-refractivity contribution >= 4 is 8.32 Å². The average molecular weight is 227 g/mol. The number of nitrogens with zero attached hydrogens (tertiary/aromatic N) is 3. The average Bonchev–Trinajstić information content (AvgIpc) is 2.54. The molecule has 1 aromatic heterocycles. The molecule has 4 nitrogen and oxygen atoms in total. The molecule has 15 heavy (non-hydrogen) atoms. The van der Waals surface area contributed by atoms with Crippen LogP contribution in [0.4, 0.5) is 0 Å². The Labute approximate surface area is 92.5 Å². The minimum Gasteiger partial charge on any atom is -0.432 e. The fourth-order valence-corrected chi connectivity index (χ4v) is 2.13. The van der Waals surface area contributed by atoms with E-state index < -0.39 is 8.32 Å². The highest BCUT2D eigenvalue weighted by Crippen LogP contribution is 2.39. The predicted molar refractivity (Wildman–Crippen MR) is 63.0 cm³/mol. The highest BCUT2D eigenvalue weighted by Gasteiger charge is 2.37. The first-order chi connectivity index (χ1) is 6.83. The fourth-order valence-electron chi connectivity index (χ4n) is 1.34.